The van der Waals surface area contributed by atoms with E-state index in [0.717, 1.165) is 0 Å². The molecule has 150 valence electrons. The van der Waals surface area contributed by atoms with Gasteiger partial charge in [-0.25, -0.2) is 15.0 Å². The molecule has 8 nitrogen and oxygen atoms in total. The van der Waals surface area contributed by atoms with Gasteiger partial charge in [-0.1, -0.05) is 20.8 Å². The van der Waals surface area contributed by atoms with Gasteiger partial charge in [0.25, 0.3) is 0 Å². The van der Waals surface area contributed by atoms with E-state index in [1.54, 1.807) is 13.3 Å². The SMILES string of the molecule is Cc1nc(N)c2ncn([C@H]3CC(O[Si](C)(C)C(C)(C)C)[C@@](C)(CO)O3)c2n1. The van der Waals surface area contributed by atoms with Crippen LogP contribution in [-0.4, -0.2) is 51.3 Å². The number of hydrogen-bond acceptors (Lipinski definition) is 7. The van der Waals surface area contributed by atoms with Crippen molar-refractivity contribution in [2.24, 2.45) is 0 Å². The highest BCUT2D eigenvalue weighted by molar-refractivity contribution is 6.74. The van der Waals surface area contributed by atoms with Crippen molar-refractivity contribution in [1.82, 2.24) is 19.5 Å². The van der Waals surface area contributed by atoms with Gasteiger partial charge in [0, 0.05) is 6.42 Å². The average molecular weight is 394 g/mol. The third-order valence-electron chi connectivity index (χ3n) is 5.93. The number of aliphatic hydroxyl groups is 1. The zero-order valence-electron chi connectivity index (χ0n) is 17.3. The number of imidazole rings is 1. The number of fused-ring (bicyclic) bond motifs is 1. The van der Waals surface area contributed by atoms with Crippen LogP contribution in [0, 0.1) is 6.92 Å². The van der Waals surface area contributed by atoms with E-state index in [1.165, 1.54) is 0 Å². The molecule has 27 heavy (non-hydrogen) atoms. The van der Waals surface area contributed by atoms with Crippen LogP contribution in [0.3, 0.4) is 0 Å². The Morgan fingerprint density at radius 2 is 2.07 bits per heavy atom. The molecule has 0 aliphatic carbocycles. The maximum Gasteiger partial charge on any atom is 0.192 e. The molecule has 1 unspecified atom stereocenters. The van der Waals surface area contributed by atoms with Gasteiger partial charge < -0.3 is 20.0 Å². The fraction of sp³-hybridized carbons (Fsp3) is 0.722. The van der Waals surface area contributed by atoms with E-state index in [-0.39, 0.29) is 24.0 Å². The normalized spacial score (nSPS) is 26.8. The van der Waals surface area contributed by atoms with Crippen LogP contribution in [0.2, 0.25) is 18.1 Å². The monoisotopic (exact) mass is 393 g/mol. The molecule has 1 saturated heterocycles. The van der Waals surface area contributed by atoms with Gasteiger partial charge in [0.2, 0.25) is 0 Å². The van der Waals surface area contributed by atoms with Gasteiger partial charge in [-0.2, -0.15) is 0 Å². The zero-order valence-corrected chi connectivity index (χ0v) is 18.3. The number of aliphatic hydroxyl groups excluding tert-OH is 1. The van der Waals surface area contributed by atoms with Crippen LogP contribution in [-0.2, 0) is 9.16 Å². The fourth-order valence-electron chi connectivity index (χ4n) is 3.14. The molecule has 2 aromatic heterocycles. The lowest BCUT2D eigenvalue weighted by atomic mass is 10.0. The van der Waals surface area contributed by atoms with E-state index in [9.17, 15) is 5.11 Å². The molecule has 3 atom stereocenters. The number of hydrogen-bond donors (Lipinski definition) is 2. The van der Waals surface area contributed by atoms with E-state index in [0.29, 0.717) is 29.2 Å². The second-order valence-corrected chi connectivity index (χ2v) is 13.9. The molecular formula is C18H31N5O3Si. The van der Waals surface area contributed by atoms with E-state index in [2.05, 4.69) is 48.8 Å². The Hall–Kier alpha value is -1.55. The minimum absolute atomic E-state index is 0.0714. The van der Waals surface area contributed by atoms with E-state index in [4.69, 9.17) is 14.9 Å². The first-order chi connectivity index (χ1) is 12.4. The van der Waals surface area contributed by atoms with Gasteiger partial charge in [0.05, 0.1) is 19.0 Å². The Labute approximate surface area is 161 Å². The van der Waals surface area contributed by atoms with Crippen molar-refractivity contribution in [1.29, 1.82) is 0 Å². The van der Waals surface area contributed by atoms with Gasteiger partial charge in [0.1, 0.15) is 23.2 Å². The van der Waals surface area contributed by atoms with Gasteiger partial charge >= 0.3 is 0 Å². The maximum atomic E-state index is 10.1. The van der Waals surface area contributed by atoms with E-state index >= 15 is 0 Å². The maximum absolute atomic E-state index is 10.1. The Morgan fingerprint density at radius 3 is 2.67 bits per heavy atom. The quantitative estimate of drug-likeness (QED) is 0.769. The smallest absolute Gasteiger partial charge is 0.192 e. The molecule has 1 aliphatic rings. The van der Waals surface area contributed by atoms with Crippen molar-refractivity contribution in [3.8, 4) is 0 Å². The number of aryl methyl sites for hydroxylation is 1. The molecule has 9 heteroatoms. The molecule has 3 N–H and O–H groups in total. The fourth-order valence-corrected chi connectivity index (χ4v) is 4.55. The molecule has 2 aromatic rings. The number of nitrogens with two attached hydrogens (primary N) is 1. The summed E-state index contributed by atoms with van der Waals surface area (Å²) in [6.45, 7) is 14.6. The number of ether oxygens (including phenoxy) is 1. The lowest BCUT2D eigenvalue weighted by molar-refractivity contribution is -0.112. The summed E-state index contributed by atoms with van der Waals surface area (Å²) in [4.78, 5) is 13.0. The van der Waals surface area contributed by atoms with Crippen LogP contribution in [0.25, 0.3) is 11.2 Å². The number of rotatable bonds is 4. The molecule has 0 saturated carbocycles. The van der Waals surface area contributed by atoms with Crippen LogP contribution in [0.1, 0.15) is 46.2 Å². The molecule has 0 amide bonds. The van der Waals surface area contributed by atoms with Crippen LogP contribution in [0.5, 0.6) is 0 Å². The number of anilines is 1. The van der Waals surface area contributed by atoms with Crippen molar-refractivity contribution in [2.75, 3.05) is 12.3 Å². The Kier molecular flexibility index (Phi) is 4.87. The summed E-state index contributed by atoms with van der Waals surface area (Å²) in [6, 6.07) is 0. The predicted octanol–water partition coefficient (Wildman–Crippen LogP) is 2.78. The number of aromatic nitrogens is 4. The zero-order chi connectivity index (χ0) is 20.2. The standard InChI is InChI=1S/C18H31N5O3Si/c1-11-21-15(19)14-16(22-11)23(10-20-14)13-8-12(18(5,9-24)25-13)26-27(6,7)17(2,3)4/h10,12-13,24H,8-9H2,1-7H3,(H2,19,21,22)/t12?,13-,18-/m1/s1. The molecule has 0 bridgehead atoms. The minimum Gasteiger partial charge on any atom is -0.411 e. The Morgan fingerprint density at radius 1 is 1.41 bits per heavy atom. The minimum atomic E-state index is -2.02. The van der Waals surface area contributed by atoms with Gasteiger partial charge in [-0.3, -0.25) is 4.57 Å². The number of nitrogens with zero attached hydrogens (tertiary/aromatic N) is 4. The first kappa shape index (κ1) is 20.2. The summed E-state index contributed by atoms with van der Waals surface area (Å²) >= 11 is 0. The van der Waals surface area contributed by atoms with E-state index < -0.39 is 13.9 Å². The number of nitrogen functional groups attached to an aromatic ring is 1. The molecule has 1 aliphatic heterocycles. The summed E-state index contributed by atoms with van der Waals surface area (Å²) in [5.41, 5.74) is 6.39. The first-order valence-electron chi connectivity index (χ1n) is 9.31. The molecule has 0 aromatic carbocycles. The molecule has 1 fully saturated rings. The summed E-state index contributed by atoms with van der Waals surface area (Å²) in [6.07, 6.45) is 1.73. The van der Waals surface area contributed by atoms with Crippen molar-refractivity contribution in [2.45, 2.75) is 77.1 Å². The van der Waals surface area contributed by atoms with Crippen molar-refractivity contribution >= 4 is 25.3 Å². The average Bonchev–Trinajstić information content (AvgIpc) is 3.08. The summed E-state index contributed by atoms with van der Waals surface area (Å²) in [7, 11) is -2.02. The molecule has 0 spiro atoms. The van der Waals surface area contributed by atoms with Crippen LogP contribution < -0.4 is 5.73 Å². The van der Waals surface area contributed by atoms with Gasteiger partial charge in [-0.05, 0) is 32.0 Å². The second-order valence-electron chi connectivity index (χ2n) is 9.13. The predicted molar refractivity (Wildman–Crippen MR) is 107 cm³/mol. The van der Waals surface area contributed by atoms with Crippen molar-refractivity contribution in [3.05, 3.63) is 12.2 Å². The third kappa shape index (κ3) is 3.49. The largest absolute Gasteiger partial charge is 0.411 e. The third-order valence-corrected chi connectivity index (χ3v) is 10.4. The summed E-state index contributed by atoms with van der Waals surface area (Å²) in [5.74, 6) is 0.937. The van der Waals surface area contributed by atoms with Crippen LogP contribution in [0.15, 0.2) is 6.33 Å². The van der Waals surface area contributed by atoms with E-state index in [1.807, 2.05) is 11.5 Å². The van der Waals surface area contributed by atoms with Crippen LogP contribution in [0.4, 0.5) is 5.82 Å². The topological polar surface area (TPSA) is 108 Å². The first-order valence-corrected chi connectivity index (χ1v) is 12.2. The van der Waals surface area contributed by atoms with Crippen molar-refractivity contribution < 1.29 is 14.3 Å². The van der Waals surface area contributed by atoms with Crippen molar-refractivity contribution in [3.63, 3.8) is 0 Å². The highest BCUT2D eigenvalue weighted by Crippen LogP contribution is 2.44. The van der Waals surface area contributed by atoms with Gasteiger partial charge in [0.15, 0.2) is 19.8 Å². The summed E-state index contributed by atoms with van der Waals surface area (Å²) < 4.78 is 14.8. The summed E-state index contributed by atoms with van der Waals surface area (Å²) in [5, 5.41) is 10.1. The highest BCUT2D eigenvalue weighted by atomic mass is 28.4. The molecular weight excluding hydrogens is 362 g/mol. The Balaban J connectivity index is 1.94. The molecule has 3 heterocycles. The highest BCUT2D eigenvalue weighted by Gasteiger charge is 2.51. The van der Waals surface area contributed by atoms with Crippen LogP contribution >= 0.6 is 0 Å². The lowest BCUT2D eigenvalue weighted by Gasteiger charge is -2.41. The van der Waals surface area contributed by atoms with Gasteiger partial charge in [-0.15, -0.1) is 0 Å². The second kappa shape index (κ2) is 6.51. The molecule has 0 radical (unpaired) electrons. The lowest BCUT2D eigenvalue weighted by Crippen LogP contribution is -2.50. The molecule has 3 rings (SSSR count). The Bertz CT molecular complexity index is 847.